The first-order valence-electron chi connectivity index (χ1n) is 7.96. The second-order valence-corrected chi connectivity index (χ2v) is 5.89. The molecule has 20 heavy (non-hydrogen) atoms. The quantitative estimate of drug-likeness (QED) is 0.853. The highest BCUT2D eigenvalue weighted by Crippen LogP contribution is 2.42. The molecule has 1 aromatic rings. The van der Waals surface area contributed by atoms with Gasteiger partial charge in [0.2, 0.25) is 0 Å². The average Bonchev–Trinajstić information content (AvgIpc) is 2.78. The zero-order valence-corrected chi connectivity index (χ0v) is 12.4. The molecule has 1 heterocycles. The fourth-order valence-electron chi connectivity index (χ4n) is 3.63. The van der Waals surface area contributed by atoms with Crippen molar-refractivity contribution in [3.05, 3.63) is 23.8 Å². The molecule has 1 atom stereocenters. The molecule has 1 saturated carbocycles. The Bertz CT molecular complexity index is 439. The van der Waals surface area contributed by atoms with Gasteiger partial charge in [-0.25, -0.2) is 0 Å². The Labute approximate surface area is 121 Å². The molecule has 0 aromatic heterocycles. The van der Waals surface area contributed by atoms with Gasteiger partial charge in [0.15, 0.2) is 11.5 Å². The van der Waals surface area contributed by atoms with E-state index >= 15 is 0 Å². The van der Waals surface area contributed by atoms with Gasteiger partial charge in [-0.2, -0.15) is 0 Å². The molecule has 1 unspecified atom stereocenters. The minimum absolute atomic E-state index is 0.379. The summed E-state index contributed by atoms with van der Waals surface area (Å²) in [5.74, 6) is 2.57. The van der Waals surface area contributed by atoms with Crippen LogP contribution in [0.25, 0.3) is 0 Å². The third-order valence-corrected chi connectivity index (χ3v) is 4.61. The first kappa shape index (κ1) is 13.7. The lowest BCUT2D eigenvalue weighted by Crippen LogP contribution is -2.27. The molecule has 0 saturated heterocycles. The van der Waals surface area contributed by atoms with Crippen molar-refractivity contribution < 1.29 is 9.47 Å². The normalized spacial score (nSPS) is 21.2. The van der Waals surface area contributed by atoms with E-state index in [0.717, 1.165) is 11.5 Å². The van der Waals surface area contributed by atoms with Gasteiger partial charge in [0.05, 0.1) is 0 Å². The Morgan fingerprint density at radius 3 is 2.55 bits per heavy atom. The van der Waals surface area contributed by atoms with Crippen molar-refractivity contribution in [1.82, 2.24) is 5.32 Å². The average molecular weight is 275 g/mol. The summed E-state index contributed by atoms with van der Waals surface area (Å²) < 4.78 is 11.6. The Morgan fingerprint density at radius 1 is 1.05 bits per heavy atom. The molecule has 1 N–H and O–H groups in total. The topological polar surface area (TPSA) is 30.5 Å². The van der Waals surface area contributed by atoms with Crippen LogP contribution in [0.1, 0.15) is 50.1 Å². The summed E-state index contributed by atoms with van der Waals surface area (Å²) in [4.78, 5) is 0. The Morgan fingerprint density at radius 2 is 1.80 bits per heavy atom. The van der Waals surface area contributed by atoms with Crippen LogP contribution in [0.4, 0.5) is 0 Å². The fraction of sp³-hybridized carbons (Fsp3) is 0.647. The number of fused-ring (bicyclic) bond motifs is 1. The van der Waals surface area contributed by atoms with Crippen LogP contribution in [0.5, 0.6) is 11.5 Å². The smallest absolute Gasteiger partial charge is 0.166 e. The van der Waals surface area contributed by atoms with Gasteiger partial charge >= 0.3 is 0 Å². The van der Waals surface area contributed by atoms with Crippen molar-refractivity contribution >= 4 is 0 Å². The van der Waals surface area contributed by atoms with E-state index in [1.165, 1.54) is 44.1 Å². The molecule has 1 aliphatic heterocycles. The fourth-order valence-corrected chi connectivity index (χ4v) is 3.63. The first-order chi connectivity index (χ1) is 9.90. The van der Waals surface area contributed by atoms with Crippen LogP contribution in [0.3, 0.4) is 0 Å². The molecule has 3 nitrogen and oxygen atoms in total. The number of benzene rings is 1. The second kappa shape index (κ2) is 6.49. The Kier molecular flexibility index (Phi) is 4.46. The number of rotatable bonds is 3. The van der Waals surface area contributed by atoms with Crippen LogP contribution in [0, 0.1) is 5.92 Å². The van der Waals surface area contributed by atoms with E-state index in [9.17, 15) is 0 Å². The SMILES string of the molecule is CNC(c1cccc2c1OCCO2)C1CCCCCC1. The lowest BCUT2D eigenvalue weighted by molar-refractivity contribution is 0.167. The maximum Gasteiger partial charge on any atom is 0.166 e. The van der Waals surface area contributed by atoms with Crippen LogP contribution in [0.2, 0.25) is 0 Å². The van der Waals surface area contributed by atoms with Crippen molar-refractivity contribution in [2.24, 2.45) is 5.92 Å². The van der Waals surface area contributed by atoms with Gasteiger partial charge in [0.25, 0.3) is 0 Å². The minimum atomic E-state index is 0.379. The van der Waals surface area contributed by atoms with Gasteiger partial charge in [0.1, 0.15) is 13.2 Å². The van der Waals surface area contributed by atoms with Crippen molar-refractivity contribution in [2.75, 3.05) is 20.3 Å². The Balaban J connectivity index is 1.88. The van der Waals surface area contributed by atoms with E-state index in [2.05, 4.69) is 24.5 Å². The highest BCUT2D eigenvalue weighted by atomic mass is 16.6. The first-order valence-corrected chi connectivity index (χ1v) is 7.96. The van der Waals surface area contributed by atoms with Crippen molar-refractivity contribution in [2.45, 2.75) is 44.6 Å². The van der Waals surface area contributed by atoms with E-state index in [1.807, 2.05) is 6.07 Å². The molecular formula is C17H25NO2. The Hall–Kier alpha value is -1.22. The summed E-state index contributed by atoms with van der Waals surface area (Å²) in [5.41, 5.74) is 1.27. The molecule has 110 valence electrons. The number of hydrogen-bond acceptors (Lipinski definition) is 3. The largest absolute Gasteiger partial charge is 0.486 e. The molecule has 3 heteroatoms. The molecule has 3 rings (SSSR count). The van der Waals surface area contributed by atoms with Crippen molar-refractivity contribution in [3.63, 3.8) is 0 Å². The van der Waals surface area contributed by atoms with Gasteiger partial charge in [-0.1, -0.05) is 37.8 Å². The number of nitrogens with one attached hydrogen (secondary N) is 1. The van der Waals surface area contributed by atoms with E-state index in [-0.39, 0.29) is 0 Å². The van der Waals surface area contributed by atoms with Crippen LogP contribution in [-0.4, -0.2) is 20.3 Å². The van der Waals surface area contributed by atoms with E-state index < -0.39 is 0 Å². The highest BCUT2D eigenvalue weighted by molar-refractivity contribution is 5.49. The van der Waals surface area contributed by atoms with Gasteiger partial charge in [-0.3, -0.25) is 0 Å². The van der Waals surface area contributed by atoms with Crippen LogP contribution >= 0.6 is 0 Å². The molecule has 1 aromatic carbocycles. The molecule has 0 spiro atoms. The summed E-state index contributed by atoms with van der Waals surface area (Å²) in [7, 11) is 2.07. The molecule has 0 amide bonds. The zero-order valence-electron chi connectivity index (χ0n) is 12.4. The van der Waals surface area contributed by atoms with Crippen molar-refractivity contribution in [1.29, 1.82) is 0 Å². The number of para-hydroxylation sites is 1. The molecule has 0 bridgehead atoms. The summed E-state index contributed by atoms with van der Waals surface area (Å²) in [6.45, 7) is 1.31. The molecule has 1 fully saturated rings. The molecular weight excluding hydrogens is 250 g/mol. The predicted octanol–water partition coefficient (Wildman–Crippen LogP) is 3.69. The lowest BCUT2D eigenvalue weighted by atomic mass is 9.86. The summed E-state index contributed by atoms with van der Waals surface area (Å²) in [6, 6.07) is 6.67. The van der Waals surface area contributed by atoms with Crippen LogP contribution < -0.4 is 14.8 Å². The lowest BCUT2D eigenvalue weighted by Gasteiger charge is -2.30. The van der Waals surface area contributed by atoms with Crippen LogP contribution in [0.15, 0.2) is 18.2 Å². The van der Waals surface area contributed by atoms with Gasteiger partial charge in [-0.05, 0) is 31.9 Å². The molecule has 0 radical (unpaired) electrons. The molecule has 2 aliphatic rings. The summed E-state index contributed by atoms with van der Waals surface area (Å²) in [6.07, 6.45) is 8.12. The second-order valence-electron chi connectivity index (χ2n) is 5.89. The summed E-state index contributed by atoms with van der Waals surface area (Å²) >= 11 is 0. The maximum absolute atomic E-state index is 5.89. The van der Waals surface area contributed by atoms with Gasteiger partial charge in [0, 0.05) is 11.6 Å². The standard InChI is InChI=1S/C17H25NO2/c1-18-16(13-7-4-2-3-5-8-13)14-9-6-10-15-17(14)20-12-11-19-15/h6,9-10,13,16,18H,2-5,7-8,11-12H2,1H3. The zero-order chi connectivity index (χ0) is 13.8. The highest BCUT2D eigenvalue weighted by Gasteiger charge is 2.27. The van der Waals surface area contributed by atoms with E-state index in [1.54, 1.807) is 0 Å². The van der Waals surface area contributed by atoms with E-state index in [4.69, 9.17) is 9.47 Å². The summed E-state index contributed by atoms with van der Waals surface area (Å²) in [5, 5.41) is 3.53. The predicted molar refractivity (Wildman–Crippen MR) is 80.4 cm³/mol. The van der Waals surface area contributed by atoms with Crippen LogP contribution in [-0.2, 0) is 0 Å². The van der Waals surface area contributed by atoms with Gasteiger partial charge < -0.3 is 14.8 Å². The third-order valence-electron chi connectivity index (χ3n) is 4.61. The third kappa shape index (κ3) is 2.78. The van der Waals surface area contributed by atoms with E-state index in [0.29, 0.717) is 25.2 Å². The molecule has 1 aliphatic carbocycles. The van der Waals surface area contributed by atoms with Gasteiger partial charge in [-0.15, -0.1) is 0 Å². The number of hydrogen-bond donors (Lipinski definition) is 1. The monoisotopic (exact) mass is 275 g/mol. The minimum Gasteiger partial charge on any atom is -0.486 e. The van der Waals surface area contributed by atoms with Crippen molar-refractivity contribution in [3.8, 4) is 11.5 Å². The number of ether oxygens (including phenoxy) is 2. The maximum atomic E-state index is 5.89.